The summed E-state index contributed by atoms with van der Waals surface area (Å²) in [6, 6.07) is 5.54. The van der Waals surface area contributed by atoms with E-state index in [4.69, 9.17) is 21.3 Å². The highest BCUT2D eigenvalue weighted by atomic mass is 16.5. The Morgan fingerprint density at radius 2 is 1.78 bits per heavy atom. The molecule has 5 atom stereocenters. The van der Waals surface area contributed by atoms with Crippen molar-refractivity contribution in [1.82, 2.24) is 15.5 Å². The Labute approximate surface area is 240 Å². The van der Waals surface area contributed by atoms with Gasteiger partial charge < -0.3 is 42.0 Å². The number of likely N-dealkylation sites (tertiary alicyclic amines) is 1. The minimum atomic E-state index is -1.57. The monoisotopic (exact) mass is 577 g/mol. The van der Waals surface area contributed by atoms with Crippen LogP contribution in [0.25, 0.3) is 0 Å². The van der Waals surface area contributed by atoms with E-state index in [2.05, 4.69) is 10.6 Å². The van der Waals surface area contributed by atoms with E-state index < -0.39 is 54.3 Å². The van der Waals surface area contributed by atoms with Gasteiger partial charge in [0.15, 0.2) is 0 Å². The SMILES string of the molecule is CO[C@@H]1CCCN(C(=O)[C@H](CCCCN)NC(=O)[C@@H](N)Cc2ccccc2)[C@@H]1CCC(=O)N[C@@H](CC(=O)O)C(=O)O. The molecule has 2 rings (SSSR count). The number of hydrogen-bond acceptors (Lipinski definition) is 8. The molecule has 13 heteroatoms. The third-order valence-corrected chi connectivity index (χ3v) is 7.18. The van der Waals surface area contributed by atoms with Crippen LogP contribution in [-0.4, -0.2) is 95.2 Å². The molecular formula is C28H43N5O8. The number of nitrogens with zero attached hydrogens (tertiary/aromatic N) is 1. The van der Waals surface area contributed by atoms with Gasteiger partial charge in [0.05, 0.1) is 24.6 Å². The molecule has 1 saturated heterocycles. The fourth-order valence-electron chi connectivity index (χ4n) is 5.02. The Balaban J connectivity index is 2.14. The van der Waals surface area contributed by atoms with E-state index in [0.717, 1.165) is 5.56 Å². The van der Waals surface area contributed by atoms with Crippen LogP contribution < -0.4 is 22.1 Å². The summed E-state index contributed by atoms with van der Waals surface area (Å²) in [7, 11) is 1.52. The molecule has 1 heterocycles. The molecular weight excluding hydrogens is 534 g/mol. The molecule has 1 aliphatic heterocycles. The first kappa shape index (κ1) is 33.7. The molecule has 41 heavy (non-hydrogen) atoms. The number of carboxylic acids is 2. The summed E-state index contributed by atoms with van der Waals surface area (Å²) in [6.07, 6.45) is 2.12. The number of benzene rings is 1. The predicted octanol–water partition coefficient (Wildman–Crippen LogP) is 0.000500. The second kappa shape index (κ2) is 17.3. The molecule has 0 aromatic heterocycles. The lowest BCUT2D eigenvalue weighted by Crippen LogP contribution is -2.59. The number of methoxy groups -OCH3 is 1. The predicted molar refractivity (Wildman–Crippen MR) is 150 cm³/mol. The molecule has 1 aromatic carbocycles. The largest absolute Gasteiger partial charge is 0.481 e. The maximum absolute atomic E-state index is 13.9. The van der Waals surface area contributed by atoms with Crippen LogP contribution in [0.2, 0.25) is 0 Å². The molecule has 0 unspecified atom stereocenters. The van der Waals surface area contributed by atoms with Crippen molar-refractivity contribution in [2.45, 2.75) is 88.1 Å². The van der Waals surface area contributed by atoms with Crippen LogP contribution >= 0.6 is 0 Å². The molecule has 8 N–H and O–H groups in total. The summed E-state index contributed by atoms with van der Waals surface area (Å²) < 4.78 is 5.63. The zero-order chi connectivity index (χ0) is 30.4. The summed E-state index contributed by atoms with van der Waals surface area (Å²) in [4.78, 5) is 63.3. The average Bonchev–Trinajstić information content (AvgIpc) is 2.94. The first-order valence-electron chi connectivity index (χ1n) is 13.9. The second-order valence-electron chi connectivity index (χ2n) is 10.3. The maximum Gasteiger partial charge on any atom is 0.326 e. The molecule has 228 valence electrons. The van der Waals surface area contributed by atoms with Crippen molar-refractivity contribution in [3.05, 3.63) is 35.9 Å². The topological polar surface area (TPSA) is 214 Å². The zero-order valence-electron chi connectivity index (χ0n) is 23.5. The van der Waals surface area contributed by atoms with Gasteiger partial charge in [0, 0.05) is 20.1 Å². The zero-order valence-corrected chi connectivity index (χ0v) is 23.5. The van der Waals surface area contributed by atoms with Gasteiger partial charge in [-0.1, -0.05) is 30.3 Å². The highest BCUT2D eigenvalue weighted by Gasteiger charge is 2.38. The van der Waals surface area contributed by atoms with Crippen molar-refractivity contribution in [2.75, 3.05) is 20.2 Å². The van der Waals surface area contributed by atoms with Gasteiger partial charge >= 0.3 is 11.9 Å². The van der Waals surface area contributed by atoms with Crippen molar-refractivity contribution in [2.24, 2.45) is 11.5 Å². The standard InChI is InChI=1S/C28H43N5O8/c1-41-23-11-7-15-33(22(23)12-13-24(34)31-21(28(39)40)17-25(35)36)27(38)20(10-5-6-14-29)32-26(37)19(30)16-18-8-3-2-4-9-18/h2-4,8-9,19-23H,5-7,10-17,29-30H2,1H3,(H,31,34)(H,32,37)(H,35,36)(H,39,40)/t19-,20-,21-,22+,23+/m0/s1. The van der Waals surface area contributed by atoms with Crippen molar-refractivity contribution in [1.29, 1.82) is 0 Å². The van der Waals surface area contributed by atoms with Crippen LogP contribution in [0.5, 0.6) is 0 Å². The van der Waals surface area contributed by atoms with Gasteiger partial charge in [-0.25, -0.2) is 4.79 Å². The molecule has 0 spiro atoms. The Hall–Kier alpha value is -3.55. The van der Waals surface area contributed by atoms with Crippen LogP contribution in [0.15, 0.2) is 30.3 Å². The Morgan fingerprint density at radius 3 is 2.39 bits per heavy atom. The van der Waals surface area contributed by atoms with Crippen LogP contribution in [0.4, 0.5) is 0 Å². The van der Waals surface area contributed by atoms with Gasteiger partial charge in [-0.3, -0.25) is 19.2 Å². The molecule has 0 bridgehead atoms. The Morgan fingerprint density at radius 1 is 1.07 bits per heavy atom. The molecule has 3 amide bonds. The number of unbranched alkanes of at least 4 members (excludes halogenated alkanes) is 1. The summed E-state index contributed by atoms with van der Waals surface area (Å²) in [5, 5.41) is 23.2. The minimum absolute atomic E-state index is 0.149. The maximum atomic E-state index is 13.9. The molecule has 1 fully saturated rings. The van der Waals surface area contributed by atoms with Crippen LogP contribution in [0, 0.1) is 0 Å². The number of carbonyl (C=O) groups excluding carboxylic acids is 3. The number of nitrogens with one attached hydrogen (secondary N) is 2. The molecule has 0 radical (unpaired) electrons. The number of aliphatic carboxylic acids is 2. The van der Waals surface area contributed by atoms with E-state index in [1.807, 2.05) is 30.3 Å². The number of carboxylic acid groups (broad SMARTS) is 2. The van der Waals surface area contributed by atoms with Crippen molar-refractivity contribution < 1.29 is 38.9 Å². The van der Waals surface area contributed by atoms with Crippen LogP contribution in [0.1, 0.15) is 56.9 Å². The number of carbonyl (C=O) groups is 5. The number of rotatable bonds is 17. The molecule has 0 aliphatic carbocycles. The molecule has 13 nitrogen and oxygen atoms in total. The number of hydrogen-bond donors (Lipinski definition) is 6. The first-order valence-corrected chi connectivity index (χ1v) is 13.9. The van der Waals surface area contributed by atoms with E-state index in [-0.39, 0.29) is 24.9 Å². The Bertz CT molecular complexity index is 1020. The lowest BCUT2D eigenvalue weighted by molar-refractivity contribution is -0.147. The highest BCUT2D eigenvalue weighted by molar-refractivity contribution is 5.90. The van der Waals surface area contributed by atoms with E-state index in [9.17, 15) is 29.1 Å². The van der Waals surface area contributed by atoms with Gasteiger partial charge in [-0.2, -0.15) is 0 Å². The molecule has 1 aromatic rings. The minimum Gasteiger partial charge on any atom is -0.481 e. The van der Waals surface area contributed by atoms with Gasteiger partial charge in [-0.05, 0) is 57.1 Å². The number of amides is 3. The summed E-state index contributed by atoms with van der Waals surface area (Å²) in [6.45, 7) is 0.829. The van der Waals surface area contributed by atoms with E-state index in [0.29, 0.717) is 51.6 Å². The smallest absolute Gasteiger partial charge is 0.326 e. The van der Waals surface area contributed by atoms with Crippen LogP contribution in [-0.2, 0) is 35.1 Å². The lowest BCUT2D eigenvalue weighted by atomic mass is 9.93. The molecule has 0 saturated carbocycles. The quantitative estimate of drug-likeness (QED) is 0.136. The van der Waals surface area contributed by atoms with Gasteiger partial charge in [0.2, 0.25) is 17.7 Å². The van der Waals surface area contributed by atoms with Crippen molar-refractivity contribution >= 4 is 29.7 Å². The van der Waals surface area contributed by atoms with E-state index >= 15 is 0 Å². The van der Waals surface area contributed by atoms with Crippen molar-refractivity contribution in [3.63, 3.8) is 0 Å². The number of nitrogens with two attached hydrogens (primary N) is 2. The molecule has 1 aliphatic rings. The summed E-state index contributed by atoms with van der Waals surface area (Å²) in [5.41, 5.74) is 12.7. The van der Waals surface area contributed by atoms with Crippen molar-refractivity contribution in [3.8, 4) is 0 Å². The number of piperidine rings is 1. The first-order chi connectivity index (χ1) is 19.6. The highest BCUT2D eigenvalue weighted by Crippen LogP contribution is 2.25. The number of ether oxygens (including phenoxy) is 1. The summed E-state index contributed by atoms with van der Waals surface area (Å²) in [5.74, 6) is -4.22. The van der Waals surface area contributed by atoms with Gasteiger partial charge in [0.25, 0.3) is 0 Å². The average molecular weight is 578 g/mol. The van der Waals surface area contributed by atoms with E-state index in [1.54, 1.807) is 4.90 Å². The lowest BCUT2D eigenvalue weighted by Gasteiger charge is -2.42. The summed E-state index contributed by atoms with van der Waals surface area (Å²) >= 11 is 0. The van der Waals surface area contributed by atoms with Gasteiger partial charge in [-0.15, -0.1) is 0 Å². The normalized spacial score (nSPS) is 19.0. The fraction of sp³-hybridized carbons (Fsp3) is 0.607. The Kier molecular flexibility index (Phi) is 14.2. The van der Waals surface area contributed by atoms with Gasteiger partial charge in [0.1, 0.15) is 12.1 Å². The second-order valence-corrected chi connectivity index (χ2v) is 10.3. The van der Waals surface area contributed by atoms with Crippen LogP contribution in [0.3, 0.4) is 0 Å². The van der Waals surface area contributed by atoms with E-state index in [1.165, 1.54) is 7.11 Å². The third-order valence-electron chi connectivity index (χ3n) is 7.18. The fourth-order valence-corrected chi connectivity index (χ4v) is 5.02. The third kappa shape index (κ3) is 11.1.